The summed E-state index contributed by atoms with van der Waals surface area (Å²) in [6.07, 6.45) is 0. The van der Waals surface area contributed by atoms with Crippen molar-refractivity contribution in [1.82, 2.24) is 0 Å². The summed E-state index contributed by atoms with van der Waals surface area (Å²) < 4.78 is 18.9. The Morgan fingerprint density at radius 2 is 1.81 bits per heavy atom. The van der Waals surface area contributed by atoms with Crippen LogP contribution in [0.4, 0.5) is 4.39 Å². The highest BCUT2D eigenvalue weighted by atomic mass is 28.3. The first-order chi connectivity index (χ1) is 7.27. The Labute approximate surface area is 96.0 Å². The molecule has 0 aliphatic heterocycles. The van der Waals surface area contributed by atoms with E-state index in [0.29, 0.717) is 5.19 Å². The molecule has 0 atom stereocenters. The van der Waals surface area contributed by atoms with Crippen LogP contribution < -0.4 is 15.4 Å². The predicted octanol–water partition coefficient (Wildman–Crippen LogP) is 0.0593. The van der Waals surface area contributed by atoms with Crippen LogP contribution in [0.15, 0.2) is 12.1 Å². The minimum atomic E-state index is -1.88. The maximum absolute atomic E-state index is 14.0. The average molecular weight is 242 g/mol. The average Bonchev–Trinajstić information content (AvgIpc) is 2.15. The highest BCUT2D eigenvalue weighted by Crippen LogP contribution is 2.16. The molecule has 1 rings (SSSR count). The molecule has 88 valence electrons. The third-order valence-electron chi connectivity index (χ3n) is 2.39. The van der Waals surface area contributed by atoms with Crippen molar-refractivity contribution >= 4 is 25.8 Å². The van der Waals surface area contributed by atoms with Gasteiger partial charge in [-0.2, -0.15) is 0 Å². The first-order valence-electron chi connectivity index (χ1n) is 5.01. The van der Waals surface area contributed by atoms with E-state index >= 15 is 0 Å². The zero-order valence-corrected chi connectivity index (χ0v) is 10.9. The van der Waals surface area contributed by atoms with E-state index in [1.807, 2.05) is 19.6 Å². The zero-order chi connectivity index (χ0) is 12.5. The van der Waals surface area contributed by atoms with Gasteiger partial charge in [-0.05, 0) is 16.7 Å². The molecule has 0 unspecified atom stereocenters. The van der Waals surface area contributed by atoms with Gasteiger partial charge in [0.25, 0.3) is 0 Å². The van der Waals surface area contributed by atoms with Crippen molar-refractivity contribution < 1.29 is 19.2 Å². The van der Waals surface area contributed by atoms with Crippen molar-refractivity contribution in [3.63, 3.8) is 0 Å². The number of ether oxygens (including phenoxy) is 1. The molecule has 0 fully saturated rings. The zero-order valence-electron chi connectivity index (χ0n) is 9.91. The highest BCUT2D eigenvalue weighted by molar-refractivity contribution is 6.89. The minimum absolute atomic E-state index is 0.0584. The van der Waals surface area contributed by atoms with Crippen molar-refractivity contribution in [1.29, 1.82) is 0 Å². The fourth-order valence-corrected chi connectivity index (χ4v) is 2.84. The topological polar surface area (TPSA) is 49.7 Å². The van der Waals surface area contributed by atoms with Crippen LogP contribution in [0, 0.1) is 5.82 Å². The summed E-state index contributed by atoms with van der Waals surface area (Å²) in [5.74, 6) is -0.339. The van der Waals surface area contributed by atoms with Gasteiger partial charge in [-0.15, -0.1) is 0 Å². The van der Waals surface area contributed by atoms with Gasteiger partial charge < -0.3 is 14.8 Å². The molecule has 0 amide bonds. The normalized spacial score (nSPS) is 11.4. The maximum Gasteiger partial charge on any atom is 0.488 e. The van der Waals surface area contributed by atoms with Crippen molar-refractivity contribution in [2.24, 2.45) is 0 Å². The van der Waals surface area contributed by atoms with E-state index < -0.39 is 21.0 Å². The van der Waals surface area contributed by atoms with Crippen molar-refractivity contribution in [2.75, 3.05) is 7.11 Å². The highest BCUT2D eigenvalue weighted by Gasteiger charge is 2.26. The van der Waals surface area contributed by atoms with Gasteiger partial charge in [0.15, 0.2) is 11.6 Å². The number of hydrogen-bond donors (Lipinski definition) is 2. The third-order valence-corrected chi connectivity index (χ3v) is 4.37. The molecule has 3 nitrogen and oxygen atoms in total. The summed E-state index contributed by atoms with van der Waals surface area (Å²) in [4.78, 5) is 0. The maximum atomic E-state index is 14.0. The Balaban J connectivity index is 3.42. The van der Waals surface area contributed by atoms with Crippen LogP contribution in [0.5, 0.6) is 5.75 Å². The van der Waals surface area contributed by atoms with Gasteiger partial charge >= 0.3 is 7.12 Å². The molecule has 0 aliphatic carbocycles. The molecule has 1 aromatic carbocycles. The van der Waals surface area contributed by atoms with Crippen LogP contribution in [0.2, 0.25) is 19.6 Å². The van der Waals surface area contributed by atoms with Gasteiger partial charge in [0.2, 0.25) is 0 Å². The number of hydrogen-bond acceptors (Lipinski definition) is 3. The number of benzene rings is 1. The molecule has 6 heteroatoms. The summed E-state index contributed by atoms with van der Waals surface area (Å²) >= 11 is 0. The van der Waals surface area contributed by atoms with E-state index in [0.717, 1.165) is 0 Å². The van der Waals surface area contributed by atoms with Crippen molar-refractivity contribution in [3.8, 4) is 5.75 Å². The van der Waals surface area contributed by atoms with E-state index in [4.69, 9.17) is 14.8 Å². The van der Waals surface area contributed by atoms with E-state index in [2.05, 4.69) is 0 Å². The predicted molar refractivity (Wildman–Crippen MR) is 65.8 cm³/mol. The second kappa shape index (κ2) is 4.57. The summed E-state index contributed by atoms with van der Waals surface area (Å²) in [6.45, 7) is 5.95. The van der Waals surface area contributed by atoms with E-state index in [9.17, 15) is 4.39 Å². The minimum Gasteiger partial charge on any atom is -0.494 e. The molecule has 0 heterocycles. The molecular formula is C10H16BFO3Si. The Morgan fingerprint density at radius 1 is 1.25 bits per heavy atom. The molecule has 0 saturated carbocycles. The van der Waals surface area contributed by atoms with E-state index in [1.54, 1.807) is 0 Å². The van der Waals surface area contributed by atoms with Gasteiger partial charge in [0.05, 0.1) is 15.2 Å². The van der Waals surface area contributed by atoms with Crippen LogP contribution in [0.25, 0.3) is 0 Å². The first kappa shape index (κ1) is 13.2. The molecule has 2 N–H and O–H groups in total. The Hall–Kier alpha value is -0.848. The van der Waals surface area contributed by atoms with E-state index in [-0.39, 0.29) is 11.2 Å². The Bertz CT molecular complexity index is 390. The van der Waals surface area contributed by atoms with Gasteiger partial charge in [0, 0.05) is 0 Å². The van der Waals surface area contributed by atoms with Crippen LogP contribution in [0.3, 0.4) is 0 Å². The molecular weight excluding hydrogens is 226 g/mol. The molecule has 1 aromatic rings. The smallest absolute Gasteiger partial charge is 0.488 e. The fourth-order valence-electron chi connectivity index (χ4n) is 1.46. The van der Waals surface area contributed by atoms with Gasteiger partial charge in [-0.25, -0.2) is 4.39 Å². The summed E-state index contributed by atoms with van der Waals surface area (Å²) in [5, 5.41) is 18.8. The van der Waals surface area contributed by atoms with Crippen molar-refractivity contribution in [2.45, 2.75) is 19.6 Å². The Kier molecular flexibility index (Phi) is 3.77. The largest absolute Gasteiger partial charge is 0.494 e. The monoisotopic (exact) mass is 242 g/mol. The lowest BCUT2D eigenvalue weighted by Crippen LogP contribution is -2.44. The SMILES string of the molecule is COc1cc(B(O)O)cc([Si](C)(C)C)c1F. The second-order valence-electron chi connectivity index (χ2n) is 4.71. The quantitative estimate of drug-likeness (QED) is 0.737. The first-order valence-corrected chi connectivity index (χ1v) is 8.51. The van der Waals surface area contributed by atoms with Crippen molar-refractivity contribution in [3.05, 3.63) is 17.9 Å². The van der Waals surface area contributed by atoms with Crippen LogP contribution >= 0.6 is 0 Å². The molecule has 0 radical (unpaired) electrons. The lowest BCUT2D eigenvalue weighted by Gasteiger charge is -2.20. The molecule has 0 spiro atoms. The number of halogens is 1. The summed E-state index contributed by atoms with van der Waals surface area (Å²) in [6, 6.07) is 2.82. The molecule has 16 heavy (non-hydrogen) atoms. The number of rotatable bonds is 3. The lowest BCUT2D eigenvalue weighted by atomic mass is 9.80. The van der Waals surface area contributed by atoms with Crippen LogP contribution in [0.1, 0.15) is 0 Å². The van der Waals surface area contributed by atoms with Gasteiger partial charge in [-0.1, -0.05) is 25.7 Å². The number of methoxy groups -OCH3 is 1. The van der Waals surface area contributed by atoms with Gasteiger partial charge in [0.1, 0.15) is 0 Å². The Morgan fingerprint density at radius 3 is 2.19 bits per heavy atom. The summed E-state index contributed by atoms with van der Waals surface area (Å²) in [7, 11) is -2.13. The molecule has 0 aromatic heterocycles. The van der Waals surface area contributed by atoms with E-state index in [1.165, 1.54) is 19.2 Å². The third kappa shape index (κ3) is 2.63. The second-order valence-corrected chi connectivity index (χ2v) is 9.75. The van der Waals surface area contributed by atoms with Gasteiger partial charge in [-0.3, -0.25) is 0 Å². The molecule has 0 aliphatic rings. The van der Waals surface area contributed by atoms with Crippen LogP contribution in [-0.2, 0) is 0 Å². The van der Waals surface area contributed by atoms with Crippen LogP contribution in [-0.4, -0.2) is 32.4 Å². The standard InChI is InChI=1S/C10H16BFO3Si/c1-15-8-5-7(11(13)14)6-9(10(8)12)16(2,3)4/h5-6,13-14H,1-4H3. The fraction of sp³-hybridized carbons (Fsp3) is 0.400. The molecule has 0 bridgehead atoms. The molecule has 0 saturated heterocycles. The summed E-state index contributed by atoms with van der Waals surface area (Å²) in [5.41, 5.74) is 0.260. The lowest BCUT2D eigenvalue weighted by molar-refractivity contribution is 0.387.